The van der Waals surface area contributed by atoms with E-state index < -0.39 is 7.14 Å². The predicted molar refractivity (Wildman–Crippen MR) is 250 cm³/mol. The van der Waals surface area contributed by atoms with Crippen LogP contribution >= 0.6 is 7.14 Å². The Morgan fingerprint density at radius 1 is 0.300 bits per heavy atom. The van der Waals surface area contributed by atoms with E-state index in [0.717, 1.165) is 89.4 Å². The van der Waals surface area contributed by atoms with E-state index in [1.807, 2.05) is 6.07 Å². The predicted octanol–water partition coefficient (Wildman–Crippen LogP) is 13.4. The highest BCUT2D eigenvalue weighted by molar-refractivity contribution is 7.87. The van der Waals surface area contributed by atoms with Crippen molar-refractivity contribution < 1.29 is 4.57 Å². The van der Waals surface area contributed by atoms with Crippen molar-refractivity contribution in [3.63, 3.8) is 0 Å². The van der Waals surface area contributed by atoms with Crippen molar-refractivity contribution >= 4 is 96.0 Å². The maximum absolute atomic E-state index is 17.2. The van der Waals surface area contributed by atoms with E-state index in [9.17, 15) is 0 Å². The third-order valence-corrected chi connectivity index (χ3v) is 15.8. The summed E-state index contributed by atoms with van der Waals surface area (Å²) >= 11 is 0. The normalized spacial score (nSPS) is 14.1. The quantitative estimate of drug-likeness (QED) is 0.163. The number of hydrogen-bond acceptors (Lipinski definition) is 4. The molecule has 0 bridgehead atoms. The molecule has 13 rings (SSSR count). The molecule has 4 heterocycles. The molecular weight excluding hydrogens is 752 g/mol. The van der Waals surface area contributed by atoms with Gasteiger partial charge in [0.2, 0.25) is 0 Å². The molecule has 3 aliphatic heterocycles. The lowest BCUT2D eigenvalue weighted by Crippen LogP contribution is -2.47. The van der Waals surface area contributed by atoms with Crippen molar-refractivity contribution in [3.8, 4) is 16.8 Å². The summed E-state index contributed by atoms with van der Waals surface area (Å²) in [5.74, 6) is 0. The summed E-state index contributed by atoms with van der Waals surface area (Å²) in [7, 11) is -3.51. The molecule has 0 atom stereocenters. The van der Waals surface area contributed by atoms with Gasteiger partial charge in [0.25, 0.3) is 0 Å². The van der Waals surface area contributed by atoms with Crippen LogP contribution in [0.3, 0.4) is 0 Å². The van der Waals surface area contributed by atoms with E-state index in [0.29, 0.717) is 0 Å². The highest BCUT2D eigenvalue weighted by atomic mass is 31.2. The number of hydrogen-bond donors (Lipinski definition) is 0. The second-order valence-electron chi connectivity index (χ2n) is 15.7. The number of para-hydroxylation sites is 5. The molecule has 0 fully saturated rings. The van der Waals surface area contributed by atoms with Crippen molar-refractivity contribution in [2.75, 3.05) is 14.7 Å². The minimum absolute atomic E-state index is 0.867. The number of nitrogens with zero attached hydrogens (tertiary/aromatic N) is 4. The first-order valence-corrected chi connectivity index (χ1v) is 22.1. The molecule has 0 saturated carbocycles. The van der Waals surface area contributed by atoms with Crippen molar-refractivity contribution in [1.29, 1.82) is 0 Å². The molecule has 0 unspecified atom stereocenters. The highest BCUT2D eigenvalue weighted by Gasteiger charge is 2.54. The lowest BCUT2D eigenvalue weighted by atomic mass is 9.99. The minimum atomic E-state index is -3.51. The molecule has 6 heteroatoms. The van der Waals surface area contributed by atoms with Gasteiger partial charge < -0.3 is 23.8 Å². The van der Waals surface area contributed by atoms with Crippen LogP contribution in [0.2, 0.25) is 0 Å². The van der Waals surface area contributed by atoms with Crippen LogP contribution in [-0.4, -0.2) is 4.57 Å². The van der Waals surface area contributed by atoms with Gasteiger partial charge in [0.05, 0.1) is 61.1 Å². The molecular formula is C54H35N4OP. The minimum Gasteiger partial charge on any atom is -0.309 e. The van der Waals surface area contributed by atoms with Crippen molar-refractivity contribution in [3.05, 3.63) is 212 Å². The van der Waals surface area contributed by atoms with Gasteiger partial charge in [-0.25, -0.2) is 0 Å². The SMILES string of the molecule is O=P12c3c4cccc3N(c3ccccc3)c3cc(-c5ccc6c7ccccc7n(-c7ccccc7)c6c5)cc(c31)N(c1ccccc1)c1cccc(c12)N4c1ccccc1. The Bertz CT molecular complexity index is 3300. The Morgan fingerprint density at radius 3 is 1.20 bits per heavy atom. The van der Waals surface area contributed by atoms with E-state index in [1.165, 1.54) is 16.3 Å². The standard InChI is InChI=1S/C54H35N4OP/c59-60-52-45-27-15-29-47(52)57(40-21-9-3-10-22-40)50-34-37(36-31-32-43-42-25-13-14-26-44(42)55(49(43)33-36)38-17-5-1-6-18-38)35-51(54(50)60)58(41-23-11-4-12-24-41)48-30-16-28-46(53(48)60)56(45)39-19-7-2-8-20-39/h1-35H. The summed E-state index contributed by atoms with van der Waals surface area (Å²) in [6.07, 6.45) is 0. The van der Waals surface area contributed by atoms with Crippen molar-refractivity contribution in [2.45, 2.75) is 0 Å². The molecule has 9 aromatic carbocycles. The van der Waals surface area contributed by atoms with E-state index in [-0.39, 0.29) is 0 Å². The van der Waals surface area contributed by atoms with Crippen LogP contribution in [0.25, 0.3) is 38.6 Å². The lowest BCUT2D eigenvalue weighted by Gasteiger charge is -2.49. The average molecular weight is 787 g/mol. The van der Waals surface area contributed by atoms with Gasteiger partial charge in [0, 0.05) is 33.5 Å². The Kier molecular flexibility index (Phi) is 6.93. The lowest BCUT2D eigenvalue weighted by molar-refractivity contribution is 0.592. The maximum atomic E-state index is 17.2. The van der Waals surface area contributed by atoms with Crippen LogP contribution in [0.15, 0.2) is 212 Å². The topological polar surface area (TPSA) is 31.7 Å². The van der Waals surface area contributed by atoms with E-state index in [1.54, 1.807) is 0 Å². The Balaban J connectivity index is 1.16. The fourth-order valence-electron chi connectivity index (χ4n) is 10.1. The fourth-order valence-corrected chi connectivity index (χ4v) is 13.8. The highest BCUT2D eigenvalue weighted by Crippen LogP contribution is 2.67. The van der Waals surface area contributed by atoms with Crippen LogP contribution in [0.5, 0.6) is 0 Å². The molecule has 0 aliphatic carbocycles. The summed E-state index contributed by atoms with van der Waals surface area (Å²) in [6.45, 7) is 0. The van der Waals surface area contributed by atoms with Gasteiger partial charge in [0.15, 0.2) is 7.14 Å². The summed E-state index contributed by atoms with van der Waals surface area (Å²) in [5, 5.41) is 5.04. The molecule has 0 radical (unpaired) electrons. The van der Waals surface area contributed by atoms with Gasteiger partial charge in [-0.15, -0.1) is 0 Å². The van der Waals surface area contributed by atoms with Crippen LogP contribution < -0.4 is 30.6 Å². The number of anilines is 9. The summed E-state index contributed by atoms with van der Waals surface area (Å²) in [6, 6.07) is 75.2. The smallest absolute Gasteiger partial charge is 0.183 e. The molecule has 0 amide bonds. The Hall–Kier alpha value is -7.59. The van der Waals surface area contributed by atoms with Gasteiger partial charge in [-0.2, -0.15) is 0 Å². The maximum Gasteiger partial charge on any atom is 0.183 e. The summed E-state index contributed by atoms with van der Waals surface area (Å²) < 4.78 is 19.5. The average Bonchev–Trinajstić information content (AvgIpc) is 3.64. The second kappa shape index (κ2) is 12.5. The summed E-state index contributed by atoms with van der Waals surface area (Å²) in [5.41, 5.74) is 14.2. The number of rotatable bonds is 5. The van der Waals surface area contributed by atoms with E-state index in [2.05, 4.69) is 226 Å². The molecule has 1 aromatic heterocycles. The third-order valence-electron chi connectivity index (χ3n) is 12.5. The Morgan fingerprint density at radius 2 is 0.700 bits per heavy atom. The zero-order chi connectivity index (χ0) is 39.5. The van der Waals surface area contributed by atoms with E-state index in [4.69, 9.17) is 0 Å². The fraction of sp³-hybridized carbons (Fsp3) is 0. The third kappa shape index (κ3) is 4.44. The molecule has 0 spiro atoms. The monoisotopic (exact) mass is 786 g/mol. The summed E-state index contributed by atoms with van der Waals surface area (Å²) in [4.78, 5) is 7.01. The van der Waals surface area contributed by atoms with Crippen LogP contribution in [0.4, 0.5) is 51.2 Å². The van der Waals surface area contributed by atoms with Gasteiger partial charge in [0.1, 0.15) is 0 Å². The second-order valence-corrected chi connectivity index (χ2v) is 18.3. The number of fused-ring (bicyclic) bond motifs is 3. The molecule has 5 nitrogen and oxygen atoms in total. The van der Waals surface area contributed by atoms with Gasteiger partial charge in [-0.05, 0) is 108 Å². The van der Waals surface area contributed by atoms with Crippen LogP contribution in [0, 0.1) is 0 Å². The van der Waals surface area contributed by atoms with E-state index >= 15 is 4.57 Å². The first kappa shape index (κ1) is 33.4. The van der Waals surface area contributed by atoms with Gasteiger partial charge in [-0.1, -0.05) is 115 Å². The molecule has 3 aliphatic rings. The molecule has 60 heavy (non-hydrogen) atoms. The van der Waals surface area contributed by atoms with Crippen LogP contribution in [0.1, 0.15) is 0 Å². The number of benzene rings is 9. The zero-order valence-electron chi connectivity index (χ0n) is 32.4. The first-order chi connectivity index (χ1) is 29.7. The molecule has 10 aromatic rings. The molecule has 0 saturated heterocycles. The largest absolute Gasteiger partial charge is 0.309 e. The van der Waals surface area contributed by atoms with Gasteiger partial charge in [-0.3, -0.25) is 0 Å². The Labute approximate surface area is 347 Å². The van der Waals surface area contributed by atoms with Crippen molar-refractivity contribution in [2.24, 2.45) is 0 Å². The molecule has 282 valence electrons. The van der Waals surface area contributed by atoms with Crippen molar-refractivity contribution in [1.82, 2.24) is 4.57 Å². The van der Waals surface area contributed by atoms with Crippen LogP contribution in [-0.2, 0) is 4.57 Å². The zero-order valence-corrected chi connectivity index (χ0v) is 33.2. The van der Waals surface area contributed by atoms with Gasteiger partial charge >= 0.3 is 0 Å². The first-order valence-electron chi connectivity index (χ1n) is 20.4. The number of aromatic nitrogens is 1. The molecule has 0 N–H and O–H groups in total.